The molecule has 0 saturated carbocycles. The molecular formula is C27H21F3N2O2. The Morgan fingerprint density at radius 1 is 0.882 bits per heavy atom. The van der Waals surface area contributed by atoms with Crippen molar-refractivity contribution in [2.75, 3.05) is 0 Å². The highest BCUT2D eigenvalue weighted by atomic mass is 19.2. The van der Waals surface area contributed by atoms with Crippen LogP contribution in [0.2, 0.25) is 0 Å². The van der Waals surface area contributed by atoms with E-state index in [9.17, 15) is 23.1 Å². The number of nitrogens with zero attached hydrogens (tertiary/aromatic N) is 2. The van der Waals surface area contributed by atoms with Gasteiger partial charge in [0.25, 0.3) is 0 Å². The minimum Gasteiger partial charge on any atom is -0.481 e. The molecule has 0 saturated heterocycles. The minimum atomic E-state index is -1.30. The topological polar surface area (TPSA) is 63.1 Å². The van der Waals surface area contributed by atoms with E-state index >= 15 is 0 Å². The average molecular weight is 462 g/mol. The Kier molecular flexibility index (Phi) is 7.01. The highest BCUT2D eigenvalue weighted by Gasteiger charge is 2.23. The van der Waals surface area contributed by atoms with Gasteiger partial charge in [0.15, 0.2) is 11.6 Å². The summed E-state index contributed by atoms with van der Waals surface area (Å²) < 4.78 is 42.0. The van der Waals surface area contributed by atoms with Gasteiger partial charge in [-0.2, -0.15) is 0 Å². The van der Waals surface area contributed by atoms with Crippen molar-refractivity contribution in [3.8, 4) is 11.3 Å². The Balaban J connectivity index is 1.73. The number of halogens is 3. The first kappa shape index (κ1) is 23.2. The lowest BCUT2D eigenvalue weighted by molar-refractivity contribution is -0.141. The highest BCUT2D eigenvalue weighted by molar-refractivity contribution is 5.71. The molecule has 34 heavy (non-hydrogen) atoms. The molecule has 0 radical (unpaired) electrons. The third kappa shape index (κ3) is 5.49. The fourth-order valence-corrected chi connectivity index (χ4v) is 3.81. The van der Waals surface area contributed by atoms with Crippen LogP contribution in [0.5, 0.6) is 0 Å². The molecule has 0 fully saturated rings. The molecule has 0 spiro atoms. The zero-order chi connectivity index (χ0) is 24.1. The lowest BCUT2D eigenvalue weighted by Gasteiger charge is -2.16. The predicted molar refractivity (Wildman–Crippen MR) is 122 cm³/mol. The molecular weight excluding hydrogens is 441 g/mol. The first-order chi connectivity index (χ1) is 16.4. The standard InChI is InChI=1S/C27H21F3N2O2/c28-21-12-19(26(30)22(29)15-21)13-24-23(31-16-25(32-24)18-9-5-2-6-10-18)14-20(27(33)34)11-17-7-3-1-4-8-17/h1-10,12,15-16,20H,11,13-14H2,(H,33,34). The quantitative estimate of drug-likeness (QED) is 0.345. The summed E-state index contributed by atoms with van der Waals surface area (Å²) in [5.74, 6) is -5.19. The maximum absolute atomic E-state index is 14.4. The first-order valence-electron chi connectivity index (χ1n) is 10.7. The van der Waals surface area contributed by atoms with Gasteiger partial charge in [-0.1, -0.05) is 60.7 Å². The molecule has 1 atom stereocenters. The molecule has 7 heteroatoms. The third-order valence-corrected chi connectivity index (χ3v) is 5.54. The zero-order valence-corrected chi connectivity index (χ0v) is 18.1. The van der Waals surface area contributed by atoms with Crippen molar-refractivity contribution in [3.05, 3.63) is 119 Å². The number of carboxylic acids is 1. The second kappa shape index (κ2) is 10.3. The molecule has 4 aromatic rings. The van der Waals surface area contributed by atoms with E-state index in [-0.39, 0.29) is 30.5 Å². The molecule has 0 aliphatic heterocycles. The molecule has 172 valence electrons. The summed E-state index contributed by atoms with van der Waals surface area (Å²) in [6, 6.07) is 19.7. The van der Waals surface area contributed by atoms with Crippen LogP contribution < -0.4 is 0 Å². The van der Waals surface area contributed by atoms with Crippen LogP contribution in [0.1, 0.15) is 22.5 Å². The zero-order valence-electron chi connectivity index (χ0n) is 18.1. The van der Waals surface area contributed by atoms with Crippen molar-refractivity contribution < 1.29 is 23.1 Å². The maximum atomic E-state index is 14.4. The number of carbonyl (C=O) groups is 1. The van der Waals surface area contributed by atoms with E-state index in [4.69, 9.17) is 0 Å². The van der Waals surface area contributed by atoms with Gasteiger partial charge in [-0.05, 0) is 23.6 Å². The van der Waals surface area contributed by atoms with E-state index in [0.29, 0.717) is 17.5 Å². The molecule has 1 unspecified atom stereocenters. The Bertz CT molecular complexity index is 1300. The average Bonchev–Trinajstić information content (AvgIpc) is 2.84. The van der Waals surface area contributed by atoms with Crippen molar-refractivity contribution in [1.29, 1.82) is 0 Å². The number of hydrogen-bond donors (Lipinski definition) is 1. The van der Waals surface area contributed by atoms with Gasteiger partial charge in [-0.3, -0.25) is 9.78 Å². The van der Waals surface area contributed by atoms with Gasteiger partial charge in [-0.15, -0.1) is 0 Å². The van der Waals surface area contributed by atoms with Gasteiger partial charge in [0.05, 0.1) is 29.2 Å². The predicted octanol–water partition coefficient (Wildman–Crippen LogP) is 5.64. The lowest BCUT2D eigenvalue weighted by Crippen LogP contribution is -2.21. The number of aliphatic carboxylic acids is 1. The molecule has 3 aromatic carbocycles. The van der Waals surface area contributed by atoms with Gasteiger partial charge in [0.2, 0.25) is 0 Å². The second-order valence-electron chi connectivity index (χ2n) is 7.98. The van der Waals surface area contributed by atoms with Crippen molar-refractivity contribution in [1.82, 2.24) is 9.97 Å². The van der Waals surface area contributed by atoms with Crippen LogP contribution in [-0.4, -0.2) is 21.0 Å². The van der Waals surface area contributed by atoms with Crippen molar-refractivity contribution in [2.45, 2.75) is 19.3 Å². The first-order valence-corrected chi connectivity index (χ1v) is 10.7. The van der Waals surface area contributed by atoms with Crippen LogP contribution in [0.3, 0.4) is 0 Å². The van der Waals surface area contributed by atoms with Crippen LogP contribution >= 0.6 is 0 Å². The Labute approximate surface area is 194 Å². The molecule has 4 rings (SSSR count). The van der Waals surface area contributed by atoms with Crippen molar-refractivity contribution in [2.24, 2.45) is 5.92 Å². The fraction of sp³-hybridized carbons (Fsp3) is 0.148. The lowest BCUT2D eigenvalue weighted by atomic mass is 9.93. The minimum absolute atomic E-state index is 0.0288. The molecule has 0 aliphatic rings. The maximum Gasteiger partial charge on any atom is 0.307 e. The number of carboxylic acid groups (broad SMARTS) is 1. The van der Waals surface area contributed by atoms with Crippen LogP contribution in [0, 0.1) is 23.4 Å². The summed E-state index contributed by atoms with van der Waals surface area (Å²) in [4.78, 5) is 21.0. The molecule has 0 bridgehead atoms. The number of rotatable bonds is 8. The smallest absolute Gasteiger partial charge is 0.307 e. The largest absolute Gasteiger partial charge is 0.481 e. The van der Waals surface area contributed by atoms with Gasteiger partial charge < -0.3 is 5.11 Å². The van der Waals surface area contributed by atoms with Crippen molar-refractivity contribution in [3.63, 3.8) is 0 Å². The van der Waals surface area contributed by atoms with Crippen LogP contribution in [-0.2, 0) is 24.1 Å². The molecule has 4 nitrogen and oxygen atoms in total. The van der Waals surface area contributed by atoms with E-state index in [1.165, 1.54) is 6.20 Å². The van der Waals surface area contributed by atoms with Crippen LogP contribution in [0.4, 0.5) is 13.2 Å². The monoisotopic (exact) mass is 462 g/mol. The van der Waals surface area contributed by atoms with Crippen LogP contribution in [0.15, 0.2) is 79.0 Å². The van der Waals surface area contributed by atoms with Gasteiger partial charge in [0, 0.05) is 24.5 Å². The summed E-state index contributed by atoms with van der Waals surface area (Å²) in [5.41, 5.74) is 2.49. The summed E-state index contributed by atoms with van der Waals surface area (Å²) >= 11 is 0. The highest BCUT2D eigenvalue weighted by Crippen LogP contribution is 2.24. The third-order valence-electron chi connectivity index (χ3n) is 5.54. The molecule has 0 amide bonds. The second-order valence-corrected chi connectivity index (χ2v) is 7.98. The van der Waals surface area contributed by atoms with E-state index in [1.807, 2.05) is 60.7 Å². The number of hydrogen-bond acceptors (Lipinski definition) is 3. The van der Waals surface area contributed by atoms with E-state index in [1.54, 1.807) is 0 Å². The molecule has 1 heterocycles. The fourth-order valence-electron chi connectivity index (χ4n) is 3.81. The summed E-state index contributed by atoms with van der Waals surface area (Å²) in [7, 11) is 0. The Morgan fingerprint density at radius 2 is 1.56 bits per heavy atom. The van der Waals surface area contributed by atoms with E-state index < -0.39 is 29.3 Å². The molecule has 0 aliphatic carbocycles. The Morgan fingerprint density at radius 3 is 2.24 bits per heavy atom. The number of aromatic nitrogens is 2. The normalized spacial score (nSPS) is 11.9. The number of benzene rings is 3. The molecule has 1 N–H and O–H groups in total. The van der Waals surface area contributed by atoms with Gasteiger partial charge >= 0.3 is 5.97 Å². The molecule has 1 aromatic heterocycles. The SMILES string of the molecule is O=C(O)C(Cc1ccccc1)Cc1ncc(-c2ccccc2)nc1Cc1cc(F)cc(F)c1F. The summed E-state index contributed by atoms with van der Waals surface area (Å²) in [5, 5.41) is 9.82. The summed E-state index contributed by atoms with van der Waals surface area (Å²) in [6.45, 7) is 0. The summed E-state index contributed by atoms with van der Waals surface area (Å²) in [6.07, 6.45) is 1.58. The van der Waals surface area contributed by atoms with E-state index in [2.05, 4.69) is 9.97 Å². The van der Waals surface area contributed by atoms with Gasteiger partial charge in [-0.25, -0.2) is 18.2 Å². The van der Waals surface area contributed by atoms with Crippen molar-refractivity contribution >= 4 is 5.97 Å². The van der Waals surface area contributed by atoms with E-state index in [0.717, 1.165) is 17.2 Å². The Hall–Kier alpha value is -4.00. The van der Waals surface area contributed by atoms with Gasteiger partial charge in [0.1, 0.15) is 5.82 Å². The van der Waals surface area contributed by atoms with Crippen LogP contribution in [0.25, 0.3) is 11.3 Å².